The fourth-order valence-corrected chi connectivity index (χ4v) is 1.40. The smallest absolute Gasteiger partial charge is 0.293 e. The molecule has 3 radical (unpaired) electrons. The van der Waals surface area contributed by atoms with Crippen LogP contribution in [0.3, 0.4) is 0 Å². The average molecular weight is 225 g/mol. The lowest BCUT2D eigenvalue weighted by Gasteiger charge is -2.27. The Morgan fingerprint density at radius 2 is 2.06 bits per heavy atom. The highest BCUT2D eigenvalue weighted by Gasteiger charge is 2.25. The van der Waals surface area contributed by atoms with Crippen LogP contribution in [0, 0.1) is 19.3 Å². The Morgan fingerprint density at radius 1 is 1.38 bits per heavy atom. The molecule has 3 heteroatoms. The molecule has 0 spiro atoms. The standard InChI is InChI=1S/C13H21O3/c1-4-5-6-9-13(3,16-11-14)10-7-8-12(2)15/h7-8,10-11H,4-6,9H2,1-3H3. The van der Waals surface area contributed by atoms with Crippen LogP contribution in [0.25, 0.3) is 0 Å². The van der Waals surface area contributed by atoms with E-state index >= 15 is 0 Å². The molecule has 0 saturated heterocycles. The van der Waals surface area contributed by atoms with E-state index in [9.17, 15) is 9.59 Å². The lowest BCUT2D eigenvalue weighted by Crippen LogP contribution is -2.29. The second kappa shape index (κ2) is 8.31. The van der Waals surface area contributed by atoms with Gasteiger partial charge in [-0.2, -0.15) is 0 Å². The lowest BCUT2D eigenvalue weighted by molar-refractivity contribution is -0.139. The number of ether oxygens (including phenoxy) is 1. The van der Waals surface area contributed by atoms with E-state index in [2.05, 4.69) is 6.92 Å². The quantitative estimate of drug-likeness (QED) is 0.424. The molecule has 0 aliphatic heterocycles. The lowest BCUT2D eigenvalue weighted by atomic mass is 9.92. The average Bonchev–Trinajstić information content (AvgIpc) is 2.18. The third-order valence-electron chi connectivity index (χ3n) is 2.37. The highest BCUT2D eigenvalue weighted by molar-refractivity contribution is 5.86. The van der Waals surface area contributed by atoms with Gasteiger partial charge in [-0.1, -0.05) is 19.8 Å². The second-order valence-corrected chi connectivity index (χ2v) is 4.12. The van der Waals surface area contributed by atoms with Crippen molar-refractivity contribution in [2.75, 3.05) is 0 Å². The molecular weight excluding hydrogens is 204 g/mol. The van der Waals surface area contributed by atoms with Crippen LogP contribution in [0.5, 0.6) is 0 Å². The summed E-state index contributed by atoms with van der Waals surface area (Å²) in [7, 11) is 0. The van der Waals surface area contributed by atoms with Crippen molar-refractivity contribution in [1.29, 1.82) is 0 Å². The molecular formula is C13H21O3. The van der Waals surface area contributed by atoms with Crippen LogP contribution in [0.15, 0.2) is 0 Å². The molecule has 91 valence electrons. The molecule has 0 aromatic heterocycles. The largest absolute Gasteiger partial charge is 0.461 e. The van der Waals surface area contributed by atoms with Crippen LogP contribution >= 0.6 is 0 Å². The summed E-state index contributed by atoms with van der Waals surface area (Å²) in [6, 6.07) is 0. The minimum Gasteiger partial charge on any atom is -0.461 e. The van der Waals surface area contributed by atoms with Gasteiger partial charge in [0, 0.05) is 12.8 Å². The molecule has 0 aliphatic rings. The maximum absolute atomic E-state index is 10.7. The first-order valence-electron chi connectivity index (χ1n) is 5.68. The number of rotatable bonds is 10. The number of hydrogen-bond acceptors (Lipinski definition) is 3. The van der Waals surface area contributed by atoms with Gasteiger partial charge in [-0.25, -0.2) is 0 Å². The number of unbranched alkanes of at least 4 members (excludes halogenated alkanes) is 2. The molecule has 0 heterocycles. The van der Waals surface area contributed by atoms with E-state index in [-0.39, 0.29) is 5.78 Å². The number of hydrogen-bond donors (Lipinski definition) is 0. The van der Waals surface area contributed by atoms with Gasteiger partial charge in [-0.3, -0.25) is 9.59 Å². The molecule has 16 heavy (non-hydrogen) atoms. The van der Waals surface area contributed by atoms with E-state index in [4.69, 9.17) is 4.74 Å². The monoisotopic (exact) mass is 225 g/mol. The molecule has 0 amide bonds. The SMILES string of the molecule is CCCCCC(C)([CH][CH][CH]C(C)=O)OC=O. The topological polar surface area (TPSA) is 43.4 Å². The van der Waals surface area contributed by atoms with E-state index in [1.54, 1.807) is 12.8 Å². The van der Waals surface area contributed by atoms with Gasteiger partial charge in [0.1, 0.15) is 11.4 Å². The Bertz CT molecular complexity index is 213. The molecule has 0 bridgehead atoms. The van der Waals surface area contributed by atoms with Crippen molar-refractivity contribution < 1.29 is 14.3 Å². The first kappa shape index (κ1) is 15.1. The normalized spacial score (nSPS) is 14.2. The van der Waals surface area contributed by atoms with Crippen LogP contribution in [0.4, 0.5) is 0 Å². The predicted octanol–water partition coefficient (Wildman–Crippen LogP) is 2.70. The summed E-state index contributed by atoms with van der Waals surface area (Å²) >= 11 is 0. The summed E-state index contributed by atoms with van der Waals surface area (Å²) in [5.41, 5.74) is -0.594. The van der Waals surface area contributed by atoms with Crippen molar-refractivity contribution in [3.8, 4) is 0 Å². The van der Waals surface area contributed by atoms with Crippen molar-refractivity contribution in [2.24, 2.45) is 0 Å². The molecule has 0 rings (SSSR count). The first-order valence-corrected chi connectivity index (χ1v) is 5.68. The first-order chi connectivity index (χ1) is 7.54. The van der Waals surface area contributed by atoms with Crippen LogP contribution in [0.2, 0.25) is 0 Å². The molecule has 0 aromatic carbocycles. The zero-order valence-electron chi connectivity index (χ0n) is 10.4. The fourth-order valence-electron chi connectivity index (χ4n) is 1.40. The Balaban J connectivity index is 3.99. The number of ketones is 1. The number of Topliss-reactive ketones (excluding diaryl/α,β-unsaturated/α-hetero) is 1. The Morgan fingerprint density at radius 3 is 2.56 bits per heavy atom. The van der Waals surface area contributed by atoms with Crippen molar-refractivity contribution in [3.05, 3.63) is 19.3 Å². The van der Waals surface area contributed by atoms with Gasteiger partial charge in [-0.15, -0.1) is 0 Å². The summed E-state index contributed by atoms with van der Waals surface area (Å²) in [6.45, 7) is 5.92. The van der Waals surface area contributed by atoms with Gasteiger partial charge in [0.25, 0.3) is 6.47 Å². The van der Waals surface area contributed by atoms with Crippen molar-refractivity contribution in [1.82, 2.24) is 0 Å². The second-order valence-electron chi connectivity index (χ2n) is 4.12. The number of carbonyl (C=O) groups is 2. The molecule has 0 aliphatic carbocycles. The van der Waals surface area contributed by atoms with Crippen LogP contribution in [0.1, 0.15) is 46.5 Å². The van der Waals surface area contributed by atoms with E-state index in [1.165, 1.54) is 13.3 Å². The van der Waals surface area contributed by atoms with Gasteiger partial charge in [0.15, 0.2) is 0 Å². The molecule has 3 nitrogen and oxygen atoms in total. The summed E-state index contributed by atoms with van der Waals surface area (Å²) < 4.78 is 5.06. The van der Waals surface area contributed by atoms with Gasteiger partial charge >= 0.3 is 0 Å². The molecule has 0 N–H and O–H groups in total. The Labute approximate surface area is 98.6 Å². The molecule has 1 unspecified atom stereocenters. The zero-order chi connectivity index (χ0) is 12.4. The Hall–Kier alpha value is -0.860. The molecule has 1 atom stereocenters. The maximum Gasteiger partial charge on any atom is 0.293 e. The third-order valence-corrected chi connectivity index (χ3v) is 2.37. The minimum absolute atomic E-state index is 0.0155. The maximum atomic E-state index is 10.7. The van der Waals surface area contributed by atoms with Crippen LogP contribution in [-0.4, -0.2) is 17.9 Å². The van der Waals surface area contributed by atoms with Crippen LogP contribution in [-0.2, 0) is 14.3 Å². The summed E-state index contributed by atoms with van der Waals surface area (Å²) in [5.74, 6) is -0.0155. The van der Waals surface area contributed by atoms with E-state index in [1.807, 2.05) is 6.92 Å². The van der Waals surface area contributed by atoms with E-state index < -0.39 is 5.60 Å². The van der Waals surface area contributed by atoms with E-state index in [0.717, 1.165) is 25.7 Å². The van der Waals surface area contributed by atoms with Gasteiger partial charge in [-0.05, 0) is 33.1 Å². The minimum atomic E-state index is -0.594. The highest BCUT2D eigenvalue weighted by Crippen LogP contribution is 2.23. The number of carbonyl (C=O) groups excluding carboxylic acids is 2. The molecule has 0 saturated carbocycles. The van der Waals surface area contributed by atoms with Gasteiger partial charge in [0.05, 0.1) is 0 Å². The molecule has 0 aromatic rings. The van der Waals surface area contributed by atoms with Gasteiger partial charge < -0.3 is 4.74 Å². The summed E-state index contributed by atoms with van der Waals surface area (Å²) in [4.78, 5) is 21.1. The van der Waals surface area contributed by atoms with Crippen LogP contribution < -0.4 is 0 Å². The summed E-state index contributed by atoms with van der Waals surface area (Å²) in [6.07, 6.45) is 8.90. The van der Waals surface area contributed by atoms with Gasteiger partial charge in [0.2, 0.25) is 0 Å². The summed E-state index contributed by atoms with van der Waals surface area (Å²) in [5, 5.41) is 0. The van der Waals surface area contributed by atoms with Crippen molar-refractivity contribution in [3.63, 3.8) is 0 Å². The Kier molecular flexibility index (Phi) is 7.86. The van der Waals surface area contributed by atoms with Crippen molar-refractivity contribution in [2.45, 2.75) is 52.1 Å². The molecule has 0 fully saturated rings. The highest BCUT2D eigenvalue weighted by atomic mass is 16.5. The van der Waals surface area contributed by atoms with Crippen molar-refractivity contribution >= 4 is 12.3 Å². The predicted molar refractivity (Wildman–Crippen MR) is 63.3 cm³/mol. The zero-order valence-corrected chi connectivity index (χ0v) is 10.4. The van der Waals surface area contributed by atoms with E-state index in [0.29, 0.717) is 6.47 Å². The third kappa shape index (κ3) is 7.43. The fraction of sp³-hybridized carbons (Fsp3) is 0.615.